The van der Waals surface area contributed by atoms with E-state index in [0.717, 1.165) is 38.8 Å². The van der Waals surface area contributed by atoms with Crippen molar-refractivity contribution in [2.75, 3.05) is 13.1 Å². The van der Waals surface area contributed by atoms with E-state index in [2.05, 4.69) is 34.5 Å². The fourth-order valence-electron chi connectivity index (χ4n) is 4.23. The highest BCUT2D eigenvalue weighted by Crippen LogP contribution is 2.27. The average Bonchev–Trinajstić information content (AvgIpc) is 3.07. The first kappa shape index (κ1) is 16.7. The summed E-state index contributed by atoms with van der Waals surface area (Å²) in [5.74, 6) is -0.722. The molecule has 0 aromatic heterocycles. The third-order valence-corrected chi connectivity index (χ3v) is 5.59. The van der Waals surface area contributed by atoms with Crippen LogP contribution in [-0.2, 0) is 19.4 Å². The summed E-state index contributed by atoms with van der Waals surface area (Å²) >= 11 is 0. The molecular formula is C21H24F2N2. The van der Waals surface area contributed by atoms with E-state index in [1.807, 2.05) is 0 Å². The van der Waals surface area contributed by atoms with Gasteiger partial charge in [-0.1, -0.05) is 24.3 Å². The van der Waals surface area contributed by atoms with Crippen LogP contribution in [0.5, 0.6) is 0 Å². The lowest BCUT2D eigenvalue weighted by molar-refractivity contribution is 0.140. The summed E-state index contributed by atoms with van der Waals surface area (Å²) in [6.45, 7) is 2.49. The van der Waals surface area contributed by atoms with Crippen LogP contribution in [0.15, 0.2) is 42.5 Å². The second-order valence-corrected chi connectivity index (χ2v) is 7.28. The van der Waals surface area contributed by atoms with Crippen molar-refractivity contribution in [2.24, 2.45) is 0 Å². The molecule has 0 spiro atoms. The van der Waals surface area contributed by atoms with Gasteiger partial charge in [0.15, 0.2) is 0 Å². The number of likely N-dealkylation sites (tertiary alicyclic amines) is 1. The van der Waals surface area contributed by atoms with Crippen molar-refractivity contribution in [2.45, 2.75) is 44.3 Å². The lowest BCUT2D eigenvalue weighted by Crippen LogP contribution is -2.49. The molecule has 1 atom stereocenters. The number of halogens is 2. The molecule has 2 aromatic carbocycles. The summed E-state index contributed by atoms with van der Waals surface area (Å²) < 4.78 is 27.1. The predicted octanol–water partition coefficient (Wildman–Crippen LogP) is 3.69. The Balaban J connectivity index is 1.35. The summed E-state index contributed by atoms with van der Waals surface area (Å²) in [6, 6.07) is 13.3. The zero-order valence-corrected chi connectivity index (χ0v) is 14.3. The van der Waals surface area contributed by atoms with Crippen LogP contribution in [0.1, 0.15) is 29.5 Å². The Morgan fingerprint density at radius 1 is 1.04 bits per heavy atom. The Labute approximate surface area is 147 Å². The summed E-state index contributed by atoms with van der Waals surface area (Å²) in [7, 11) is 0. The fraction of sp³-hybridized carbons (Fsp3) is 0.429. The first-order valence-corrected chi connectivity index (χ1v) is 9.17. The van der Waals surface area contributed by atoms with E-state index in [-0.39, 0.29) is 11.6 Å². The Bertz CT molecular complexity index is 721. The second kappa shape index (κ2) is 7.22. The van der Waals surface area contributed by atoms with Gasteiger partial charge >= 0.3 is 0 Å². The van der Waals surface area contributed by atoms with Crippen LogP contribution in [0, 0.1) is 11.6 Å². The highest BCUT2D eigenvalue weighted by atomic mass is 19.1. The normalized spacial score (nSPS) is 21.4. The molecule has 132 valence electrons. The minimum absolute atomic E-state index is 0.333. The van der Waals surface area contributed by atoms with Gasteiger partial charge in [-0.2, -0.15) is 0 Å². The smallest absolute Gasteiger partial charge is 0.127 e. The van der Waals surface area contributed by atoms with Gasteiger partial charge in [-0.3, -0.25) is 4.90 Å². The Morgan fingerprint density at radius 2 is 1.80 bits per heavy atom. The molecule has 4 heteroatoms. The first-order valence-electron chi connectivity index (χ1n) is 9.17. The van der Waals surface area contributed by atoms with Gasteiger partial charge in [0.2, 0.25) is 0 Å². The lowest BCUT2D eigenvalue weighted by atomic mass is 10.0. The predicted molar refractivity (Wildman–Crippen MR) is 95.4 cm³/mol. The Kier molecular flexibility index (Phi) is 4.82. The van der Waals surface area contributed by atoms with Crippen molar-refractivity contribution in [3.05, 3.63) is 70.8 Å². The monoisotopic (exact) mass is 342 g/mol. The fourth-order valence-corrected chi connectivity index (χ4v) is 4.23. The zero-order valence-electron chi connectivity index (χ0n) is 14.3. The molecule has 1 N–H and O–H groups in total. The average molecular weight is 342 g/mol. The molecule has 1 heterocycles. The first-order chi connectivity index (χ1) is 12.2. The molecule has 1 aliphatic carbocycles. The molecule has 2 nitrogen and oxygen atoms in total. The maximum atomic E-state index is 13.8. The highest BCUT2D eigenvalue weighted by Gasteiger charge is 2.30. The van der Waals surface area contributed by atoms with E-state index >= 15 is 0 Å². The third-order valence-electron chi connectivity index (χ3n) is 5.59. The van der Waals surface area contributed by atoms with Gasteiger partial charge in [-0.05, 0) is 61.6 Å². The SMILES string of the molecule is Fc1ccc(F)c(CN[C@@H]2CCCN(C3Cc4ccccc4C3)C2)c1. The minimum Gasteiger partial charge on any atom is -0.309 e. The summed E-state index contributed by atoms with van der Waals surface area (Å²) in [5, 5.41) is 3.43. The van der Waals surface area contributed by atoms with E-state index in [1.165, 1.54) is 29.3 Å². The standard InChI is InChI=1S/C21H24F2N2/c22-18-7-8-21(23)17(10-18)13-24-19-6-3-9-25(14-19)20-11-15-4-1-2-5-16(15)12-20/h1-2,4-5,7-8,10,19-20,24H,3,6,9,11-14H2/t19-/m1/s1. The van der Waals surface area contributed by atoms with Gasteiger partial charge < -0.3 is 5.32 Å². The molecule has 1 saturated heterocycles. The summed E-state index contributed by atoms with van der Waals surface area (Å²) in [4.78, 5) is 2.57. The van der Waals surface area contributed by atoms with E-state index in [0.29, 0.717) is 24.2 Å². The number of nitrogens with one attached hydrogen (secondary N) is 1. The van der Waals surface area contributed by atoms with Gasteiger partial charge in [0.05, 0.1) is 0 Å². The van der Waals surface area contributed by atoms with Crippen LogP contribution in [0.3, 0.4) is 0 Å². The quantitative estimate of drug-likeness (QED) is 0.912. The van der Waals surface area contributed by atoms with Crippen molar-refractivity contribution in [1.29, 1.82) is 0 Å². The molecule has 2 aliphatic rings. The molecule has 0 amide bonds. The number of rotatable bonds is 4. The molecule has 1 fully saturated rings. The van der Waals surface area contributed by atoms with Gasteiger partial charge in [0.25, 0.3) is 0 Å². The number of nitrogens with zero attached hydrogens (tertiary/aromatic N) is 1. The molecule has 0 radical (unpaired) electrons. The molecule has 2 aromatic rings. The van der Waals surface area contributed by atoms with Crippen LogP contribution >= 0.6 is 0 Å². The van der Waals surface area contributed by atoms with Gasteiger partial charge in [0, 0.05) is 30.7 Å². The molecule has 0 bridgehead atoms. The third kappa shape index (κ3) is 3.75. The zero-order chi connectivity index (χ0) is 17.2. The molecule has 4 rings (SSSR count). The van der Waals surface area contributed by atoms with Gasteiger partial charge in [-0.15, -0.1) is 0 Å². The number of hydrogen-bond donors (Lipinski definition) is 1. The Hall–Kier alpha value is -1.78. The molecular weight excluding hydrogens is 318 g/mol. The molecule has 1 aliphatic heterocycles. The number of fused-ring (bicyclic) bond motifs is 1. The van der Waals surface area contributed by atoms with Crippen molar-refractivity contribution >= 4 is 0 Å². The molecule has 0 unspecified atom stereocenters. The van der Waals surface area contributed by atoms with Crippen LogP contribution in [0.25, 0.3) is 0 Å². The van der Waals surface area contributed by atoms with Crippen molar-refractivity contribution in [3.63, 3.8) is 0 Å². The second-order valence-electron chi connectivity index (χ2n) is 7.28. The lowest BCUT2D eigenvalue weighted by Gasteiger charge is -2.37. The maximum Gasteiger partial charge on any atom is 0.127 e. The minimum atomic E-state index is -0.382. The van der Waals surface area contributed by atoms with Gasteiger partial charge in [0.1, 0.15) is 11.6 Å². The summed E-state index contributed by atoms with van der Waals surface area (Å²) in [5.41, 5.74) is 3.36. The van der Waals surface area contributed by atoms with Crippen molar-refractivity contribution in [1.82, 2.24) is 10.2 Å². The van der Waals surface area contributed by atoms with Crippen molar-refractivity contribution in [3.8, 4) is 0 Å². The number of benzene rings is 2. The molecule has 0 saturated carbocycles. The number of piperidine rings is 1. The number of hydrogen-bond acceptors (Lipinski definition) is 2. The van der Waals surface area contributed by atoms with Crippen LogP contribution < -0.4 is 5.32 Å². The largest absolute Gasteiger partial charge is 0.309 e. The molecule has 25 heavy (non-hydrogen) atoms. The van der Waals surface area contributed by atoms with Gasteiger partial charge in [-0.25, -0.2) is 8.78 Å². The Morgan fingerprint density at radius 3 is 2.56 bits per heavy atom. The van der Waals surface area contributed by atoms with Crippen molar-refractivity contribution < 1.29 is 8.78 Å². The van der Waals surface area contributed by atoms with E-state index in [1.54, 1.807) is 0 Å². The van der Waals surface area contributed by atoms with E-state index in [9.17, 15) is 8.78 Å². The van der Waals surface area contributed by atoms with E-state index < -0.39 is 0 Å². The van der Waals surface area contributed by atoms with Crippen LogP contribution in [0.2, 0.25) is 0 Å². The summed E-state index contributed by atoms with van der Waals surface area (Å²) in [6.07, 6.45) is 4.49. The van der Waals surface area contributed by atoms with Crippen LogP contribution in [-0.4, -0.2) is 30.1 Å². The topological polar surface area (TPSA) is 15.3 Å². The maximum absolute atomic E-state index is 13.8. The van der Waals surface area contributed by atoms with Crippen LogP contribution in [0.4, 0.5) is 8.78 Å². The highest BCUT2D eigenvalue weighted by molar-refractivity contribution is 5.33. The van der Waals surface area contributed by atoms with E-state index in [4.69, 9.17) is 0 Å².